The van der Waals surface area contributed by atoms with Crippen LogP contribution in [-0.2, 0) is 36.5 Å². The van der Waals surface area contributed by atoms with Crippen molar-refractivity contribution in [1.29, 1.82) is 0 Å². The molecule has 1 saturated heterocycles. The number of ether oxygens (including phenoxy) is 3. The Balaban J connectivity index is 1.03. The third-order valence-corrected chi connectivity index (χ3v) is 11.5. The second-order valence-corrected chi connectivity index (χ2v) is 15.5. The Hall–Kier alpha value is -3.22. The number of pyridine rings is 1. The van der Waals surface area contributed by atoms with Crippen LogP contribution < -0.4 is 10.1 Å². The van der Waals surface area contributed by atoms with Crippen molar-refractivity contribution in [2.45, 2.75) is 79.4 Å². The highest BCUT2D eigenvalue weighted by Gasteiger charge is 2.48. The maximum absolute atomic E-state index is 13.5. The molecule has 16 heteroatoms. The molecule has 0 unspecified atom stereocenters. The Morgan fingerprint density at radius 2 is 1.73 bits per heavy atom. The number of halogens is 1. The van der Waals surface area contributed by atoms with Crippen LogP contribution in [0.4, 0.5) is 0 Å². The van der Waals surface area contributed by atoms with Gasteiger partial charge in [-0.3, -0.25) is 9.78 Å². The maximum Gasteiger partial charge on any atom is 0.246 e. The molecule has 3 fully saturated rings. The highest BCUT2D eigenvalue weighted by Crippen LogP contribution is 2.53. The fourth-order valence-corrected chi connectivity index (χ4v) is 7.52. The number of sulfonamides is 1. The first-order valence-corrected chi connectivity index (χ1v) is 18.6. The average molecular weight is 748 g/mol. The van der Waals surface area contributed by atoms with E-state index < -0.39 is 71.8 Å². The number of nitrogens with zero attached hydrogens (tertiary/aromatic N) is 2. The SMILES string of the molecule is O=C(COC1CN(S(=O)(=O)c2ccc(Cl)c(COC3(c4cnccc4-c4ccccc4OC4CC4)CC3)c2)C1)NC[C@H](O)[C@@H](O)[C@H](O)[C@H](O)CO. The zero-order chi connectivity index (χ0) is 36.3. The number of aliphatic hydroxyl groups excluding tert-OH is 5. The molecule has 1 aromatic heterocycles. The van der Waals surface area contributed by atoms with E-state index in [4.69, 9.17) is 30.9 Å². The summed E-state index contributed by atoms with van der Waals surface area (Å²) < 4.78 is 46.3. The van der Waals surface area contributed by atoms with Gasteiger partial charge in [-0.1, -0.05) is 29.8 Å². The number of aliphatic hydroxyl groups is 5. The first kappa shape index (κ1) is 37.5. The molecule has 0 bridgehead atoms. The molecule has 2 saturated carbocycles. The normalized spacial score (nSPS) is 19.8. The molecule has 0 spiro atoms. The Kier molecular flexibility index (Phi) is 11.6. The standard InChI is InChI=1S/C35H42ClN3O11S/c36-28-8-7-24(51(46,47)39-16-23(17-39)48-20-32(43)38-15-29(41)33(44)34(45)30(42)18-40)13-21(28)19-49-35(10-11-35)27-14-37-12-9-25(27)26-3-1-2-4-31(26)50-22-5-6-22/h1-4,7-9,12-14,22-23,29-30,33-34,40-42,44-45H,5-6,10-11,15-20H2,(H,38,43)/t29-,30+,33+,34+/m0/s1. The number of carbonyl (C=O) groups excluding carboxylic acids is 1. The van der Waals surface area contributed by atoms with Crippen LogP contribution in [0.1, 0.15) is 36.8 Å². The van der Waals surface area contributed by atoms with E-state index in [1.54, 1.807) is 6.20 Å². The molecule has 6 rings (SSSR count). The van der Waals surface area contributed by atoms with Gasteiger partial charge in [-0.2, -0.15) is 4.31 Å². The van der Waals surface area contributed by atoms with Gasteiger partial charge in [0.05, 0.1) is 42.0 Å². The highest BCUT2D eigenvalue weighted by molar-refractivity contribution is 7.89. The lowest BCUT2D eigenvalue weighted by atomic mass is 9.96. The minimum atomic E-state index is -3.91. The number of amides is 1. The van der Waals surface area contributed by atoms with Crippen molar-refractivity contribution in [1.82, 2.24) is 14.6 Å². The van der Waals surface area contributed by atoms with E-state index in [0.29, 0.717) is 10.6 Å². The van der Waals surface area contributed by atoms with E-state index in [9.17, 15) is 33.6 Å². The van der Waals surface area contributed by atoms with Gasteiger partial charge in [-0.25, -0.2) is 8.42 Å². The van der Waals surface area contributed by atoms with Crippen LogP contribution >= 0.6 is 11.6 Å². The van der Waals surface area contributed by atoms with E-state index in [-0.39, 0.29) is 30.7 Å². The lowest BCUT2D eigenvalue weighted by molar-refractivity contribution is -0.133. The summed E-state index contributed by atoms with van der Waals surface area (Å²) in [7, 11) is -3.91. The Labute approximate surface area is 300 Å². The molecule has 3 aromatic rings. The number of para-hydroxylation sites is 1. The molecule has 276 valence electrons. The smallest absolute Gasteiger partial charge is 0.246 e. The van der Waals surface area contributed by atoms with Crippen LogP contribution in [0.3, 0.4) is 0 Å². The number of benzene rings is 2. The monoisotopic (exact) mass is 747 g/mol. The molecular formula is C35H42ClN3O11S. The number of carbonyl (C=O) groups is 1. The van der Waals surface area contributed by atoms with Gasteiger partial charge in [0.1, 0.15) is 30.7 Å². The third kappa shape index (κ3) is 8.71. The van der Waals surface area contributed by atoms with E-state index in [2.05, 4.69) is 10.3 Å². The Bertz CT molecular complexity index is 1800. The summed E-state index contributed by atoms with van der Waals surface area (Å²) >= 11 is 6.53. The van der Waals surface area contributed by atoms with Crippen molar-refractivity contribution < 1.29 is 53.0 Å². The van der Waals surface area contributed by atoms with E-state index >= 15 is 0 Å². The molecule has 14 nitrogen and oxygen atoms in total. The average Bonchev–Trinajstić information content (AvgIpc) is 4.06. The summed E-state index contributed by atoms with van der Waals surface area (Å²) in [5.41, 5.74) is 2.78. The summed E-state index contributed by atoms with van der Waals surface area (Å²) in [6, 6.07) is 14.4. The molecule has 6 N–H and O–H groups in total. The molecule has 2 heterocycles. The minimum absolute atomic E-state index is 0.00941. The first-order valence-electron chi connectivity index (χ1n) is 16.8. The third-order valence-electron chi connectivity index (χ3n) is 9.27. The van der Waals surface area contributed by atoms with Gasteiger partial charge in [0.15, 0.2) is 0 Å². The van der Waals surface area contributed by atoms with Crippen molar-refractivity contribution in [3.8, 4) is 16.9 Å². The summed E-state index contributed by atoms with van der Waals surface area (Å²) in [4.78, 5) is 16.6. The van der Waals surface area contributed by atoms with Crippen LogP contribution in [0.5, 0.6) is 5.75 Å². The molecule has 4 atom stereocenters. The molecule has 1 amide bonds. The second-order valence-electron chi connectivity index (χ2n) is 13.1. The fraction of sp³-hybridized carbons (Fsp3) is 0.486. The summed E-state index contributed by atoms with van der Waals surface area (Å²) in [6.07, 6.45) is -0.0686. The fourth-order valence-electron chi connectivity index (χ4n) is 5.79. The van der Waals surface area contributed by atoms with E-state index in [1.165, 1.54) is 22.5 Å². The van der Waals surface area contributed by atoms with E-state index in [0.717, 1.165) is 48.1 Å². The lowest BCUT2D eigenvalue weighted by Gasteiger charge is -2.37. The number of nitrogens with one attached hydrogen (secondary N) is 1. The van der Waals surface area contributed by atoms with Gasteiger partial charge in [0.25, 0.3) is 0 Å². The molecule has 0 radical (unpaired) electrons. The summed E-state index contributed by atoms with van der Waals surface area (Å²) in [5.74, 6) is 0.168. The summed E-state index contributed by atoms with van der Waals surface area (Å²) in [6.45, 7) is -1.63. The van der Waals surface area contributed by atoms with Gasteiger partial charge in [0.2, 0.25) is 15.9 Å². The Morgan fingerprint density at radius 1 is 1.00 bits per heavy atom. The second kappa shape index (κ2) is 15.8. The quantitative estimate of drug-likeness (QED) is 0.108. The summed E-state index contributed by atoms with van der Waals surface area (Å²) in [5, 5.41) is 50.5. The zero-order valence-electron chi connectivity index (χ0n) is 27.7. The minimum Gasteiger partial charge on any atom is -0.490 e. The Morgan fingerprint density at radius 3 is 2.43 bits per heavy atom. The van der Waals surface area contributed by atoms with Crippen molar-refractivity contribution in [2.24, 2.45) is 0 Å². The molecule has 1 aliphatic heterocycles. The number of aromatic nitrogens is 1. The van der Waals surface area contributed by atoms with Crippen LogP contribution in [-0.4, -0.2) is 119 Å². The molecular weight excluding hydrogens is 706 g/mol. The van der Waals surface area contributed by atoms with E-state index in [1.807, 2.05) is 36.5 Å². The maximum atomic E-state index is 13.5. The van der Waals surface area contributed by atoms with Gasteiger partial charge in [-0.05, 0) is 67.1 Å². The molecule has 51 heavy (non-hydrogen) atoms. The predicted octanol–water partition coefficient (Wildman–Crippen LogP) is 1.09. The first-order chi connectivity index (χ1) is 24.4. The zero-order valence-corrected chi connectivity index (χ0v) is 29.2. The lowest BCUT2D eigenvalue weighted by Crippen LogP contribution is -2.55. The van der Waals surface area contributed by atoms with Crippen molar-refractivity contribution >= 4 is 27.5 Å². The van der Waals surface area contributed by atoms with Crippen LogP contribution in [0.2, 0.25) is 5.02 Å². The number of hydrogen-bond donors (Lipinski definition) is 6. The van der Waals surface area contributed by atoms with Crippen molar-refractivity contribution in [3.05, 3.63) is 77.1 Å². The van der Waals surface area contributed by atoms with Gasteiger partial charge in [0, 0.05) is 48.2 Å². The van der Waals surface area contributed by atoms with Crippen molar-refractivity contribution in [2.75, 3.05) is 32.8 Å². The number of hydrogen-bond acceptors (Lipinski definition) is 12. The van der Waals surface area contributed by atoms with Crippen LogP contribution in [0, 0.1) is 0 Å². The molecule has 2 aliphatic carbocycles. The molecule has 2 aromatic carbocycles. The largest absolute Gasteiger partial charge is 0.490 e. The number of rotatable bonds is 18. The van der Waals surface area contributed by atoms with Gasteiger partial charge >= 0.3 is 0 Å². The van der Waals surface area contributed by atoms with Crippen molar-refractivity contribution in [3.63, 3.8) is 0 Å². The highest BCUT2D eigenvalue weighted by atomic mass is 35.5. The van der Waals surface area contributed by atoms with Gasteiger partial charge < -0.3 is 45.1 Å². The van der Waals surface area contributed by atoms with Crippen LogP contribution in [0.15, 0.2) is 65.8 Å². The topological polar surface area (TPSA) is 208 Å². The predicted molar refractivity (Wildman–Crippen MR) is 183 cm³/mol. The van der Waals surface area contributed by atoms with Crippen LogP contribution in [0.25, 0.3) is 11.1 Å². The van der Waals surface area contributed by atoms with Gasteiger partial charge in [-0.15, -0.1) is 0 Å². The molecule has 3 aliphatic rings.